The molecule has 1 aliphatic carbocycles. The van der Waals surface area contributed by atoms with Crippen LogP contribution in [-0.2, 0) is 4.79 Å². The monoisotopic (exact) mass is 192 g/mol. The molecule has 0 radical (unpaired) electrons. The van der Waals surface area contributed by atoms with E-state index in [0.717, 1.165) is 5.57 Å². The molecule has 0 saturated heterocycles. The zero-order chi connectivity index (χ0) is 10.1. The minimum Gasteiger partial charge on any atom is -0.472 e. The highest BCUT2D eigenvalue weighted by molar-refractivity contribution is 5.95. The molecule has 1 aliphatic rings. The van der Waals surface area contributed by atoms with E-state index in [1.165, 1.54) is 12.5 Å². The van der Waals surface area contributed by atoms with Gasteiger partial charge >= 0.3 is 0 Å². The summed E-state index contributed by atoms with van der Waals surface area (Å²) in [6, 6.07) is 1.69. The van der Waals surface area contributed by atoms with Crippen LogP contribution < -0.4 is 0 Å². The van der Waals surface area contributed by atoms with Gasteiger partial charge in [-0.3, -0.25) is 4.79 Å². The van der Waals surface area contributed by atoms with E-state index in [9.17, 15) is 9.90 Å². The largest absolute Gasteiger partial charge is 0.472 e. The molecule has 74 valence electrons. The summed E-state index contributed by atoms with van der Waals surface area (Å²) in [4.78, 5) is 11.5. The Morgan fingerprint density at radius 2 is 2.43 bits per heavy atom. The van der Waals surface area contributed by atoms with Crippen molar-refractivity contribution < 1.29 is 14.3 Å². The van der Waals surface area contributed by atoms with Gasteiger partial charge in [-0.05, 0) is 25.5 Å². The van der Waals surface area contributed by atoms with Crippen LogP contribution in [-0.4, -0.2) is 10.9 Å². The molecule has 14 heavy (non-hydrogen) atoms. The number of ketones is 1. The van der Waals surface area contributed by atoms with Gasteiger partial charge in [-0.2, -0.15) is 0 Å². The number of furan rings is 1. The van der Waals surface area contributed by atoms with Crippen molar-refractivity contribution in [1.82, 2.24) is 0 Å². The van der Waals surface area contributed by atoms with Gasteiger partial charge in [-0.15, -0.1) is 0 Å². The molecule has 0 amide bonds. The van der Waals surface area contributed by atoms with Crippen LogP contribution in [0.4, 0.5) is 0 Å². The number of hydrogen-bond donors (Lipinski definition) is 1. The smallest absolute Gasteiger partial charge is 0.161 e. The Morgan fingerprint density at radius 3 is 2.93 bits per heavy atom. The van der Waals surface area contributed by atoms with Gasteiger partial charge in [-0.1, -0.05) is 5.57 Å². The third-order valence-electron chi connectivity index (χ3n) is 2.56. The van der Waals surface area contributed by atoms with Gasteiger partial charge in [0.1, 0.15) is 0 Å². The molecule has 3 nitrogen and oxygen atoms in total. The maximum atomic E-state index is 11.5. The van der Waals surface area contributed by atoms with Crippen LogP contribution in [0.1, 0.15) is 25.0 Å². The van der Waals surface area contributed by atoms with Gasteiger partial charge in [-0.25, -0.2) is 0 Å². The number of allylic oxidation sites excluding steroid dienone is 2. The Balaban J connectivity index is 2.15. The predicted octanol–water partition coefficient (Wildman–Crippen LogP) is 1.85. The number of carbonyl (C=O) groups is 1. The highest BCUT2D eigenvalue weighted by atomic mass is 16.3. The first-order valence-corrected chi connectivity index (χ1v) is 4.59. The van der Waals surface area contributed by atoms with Crippen molar-refractivity contribution in [3.05, 3.63) is 35.8 Å². The average Bonchev–Trinajstić information content (AvgIpc) is 2.73. The number of rotatable bonds is 2. The fourth-order valence-corrected chi connectivity index (χ4v) is 1.80. The molecule has 2 atom stereocenters. The second-order valence-corrected chi connectivity index (χ2v) is 3.71. The summed E-state index contributed by atoms with van der Waals surface area (Å²) >= 11 is 0. The van der Waals surface area contributed by atoms with Crippen molar-refractivity contribution in [1.29, 1.82) is 0 Å². The number of aliphatic hydroxyl groups is 1. The van der Waals surface area contributed by atoms with Crippen molar-refractivity contribution in [2.75, 3.05) is 0 Å². The van der Waals surface area contributed by atoms with Gasteiger partial charge in [0.25, 0.3) is 0 Å². The van der Waals surface area contributed by atoms with Crippen LogP contribution >= 0.6 is 0 Å². The van der Waals surface area contributed by atoms with Crippen LogP contribution in [0.25, 0.3) is 0 Å². The molecule has 1 heterocycles. The maximum absolute atomic E-state index is 11.5. The lowest BCUT2D eigenvalue weighted by molar-refractivity contribution is -0.120. The predicted molar refractivity (Wildman–Crippen MR) is 50.5 cm³/mol. The molecule has 0 spiro atoms. The van der Waals surface area contributed by atoms with Crippen LogP contribution in [0.15, 0.2) is 34.7 Å². The van der Waals surface area contributed by atoms with Crippen LogP contribution in [0.2, 0.25) is 0 Å². The Morgan fingerprint density at radius 1 is 1.64 bits per heavy atom. The summed E-state index contributed by atoms with van der Waals surface area (Å²) < 4.78 is 4.87. The molecule has 0 aromatic carbocycles. The molecular formula is C11H12O3. The van der Waals surface area contributed by atoms with Gasteiger partial charge in [0, 0.05) is 5.56 Å². The Bertz CT molecular complexity index is 362. The molecule has 2 rings (SSSR count). The fraction of sp³-hybridized carbons (Fsp3) is 0.364. The molecule has 0 saturated carbocycles. The summed E-state index contributed by atoms with van der Waals surface area (Å²) in [6.07, 6.45) is 4.48. The highest BCUT2D eigenvalue weighted by Crippen LogP contribution is 2.32. The number of carbonyl (C=O) groups excluding carboxylic acids is 1. The Hall–Kier alpha value is -1.35. The topological polar surface area (TPSA) is 50.4 Å². The molecule has 3 heteroatoms. The van der Waals surface area contributed by atoms with E-state index in [1.54, 1.807) is 12.1 Å². The molecule has 0 fully saturated rings. The average molecular weight is 192 g/mol. The quantitative estimate of drug-likeness (QED) is 0.777. The van der Waals surface area contributed by atoms with Crippen LogP contribution in [0.5, 0.6) is 0 Å². The Labute approximate surface area is 82.0 Å². The SMILES string of the molecule is CC1=CC(=O)C(C(O)c2ccoc2)C1. The highest BCUT2D eigenvalue weighted by Gasteiger charge is 2.31. The van der Waals surface area contributed by atoms with E-state index in [-0.39, 0.29) is 11.7 Å². The van der Waals surface area contributed by atoms with E-state index in [4.69, 9.17) is 4.42 Å². The maximum Gasteiger partial charge on any atom is 0.161 e. The van der Waals surface area contributed by atoms with E-state index >= 15 is 0 Å². The minimum atomic E-state index is -0.741. The number of aliphatic hydroxyl groups excluding tert-OH is 1. The lowest BCUT2D eigenvalue weighted by Gasteiger charge is -2.14. The molecule has 2 unspecified atom stereocenters. The summed E-state index contributed by atoms with van der Waals surface area (Å²) in [7, 11) is 0. The second kappa shape index (κ2) is 3.42. The van der Waals surface area contributed by atoms with Crippen molar-refractivity contribution in [3.63, 3.8) is 0 Å². The lowest BCUT2D eigenvalue weighted by atomic mass is 9.94. The molecule has 1 aromatic heterocycles. The fourth-order valence-electron chi connectivity index (χ4n) is 1.80. The van der Waals surface area contributed by atoms with Gasteiger partial charge in [0.05, 0.1) is 24.5 Å². The zero-order valence-electron chi connectivity index (χ0n) is 7.93. The van der Waals surface area contributed by atoms with E-state index in [1.807, 2.05) is 6.92 Å². The van der Waals surface area contributed by atoms with Crippen molar-refractivity contribution in [2.45, 2.75) is 19.4 Å². The van der Waals surface area contributed by atoms with Gasteiger partial charge in [0.2, 0.25) is 0 Å². The van der Waals surface area contributed by atoms with Crippen molar-refractivity contribution in [2.24, 2.45) is 5.92 Å². The molecule has 0 aliphatic heterocycles. The summed E-state index contributed by atoms with van der Waals surface area (Å²) in [5, 5.41) is 9.88. The van der Waals surface area contributed by atoms with Gasteiger partial charge in [0.15, 0.2) is 5.78 Å². The lowest BCUT2D eigenvalue weighted by Crippen LogP contribution is -2.16. The van der Waals surface area contributed by atoms with E-state index < -0.39 is 6.10 Å². The van der Waals surface area contributed by atoms with Crippen molar-refractivity contribution >= 4 is 5.78 Å². The van der Waals surface area contributed by atoms with E-state index in [0.29, 0.717) is 12.0 Å². The minimum absolute atomic E-state index is 0.0104. The van der Waals surface area contributed by atoms with Crippen molar-refractivity contribution in [3.8, 4) is 0 Å². The first-order chi connectivity index (χ1) is 6.68. The first-order valence-electron chi connectivity index (χ1n) is 4.59. The van der Waals surface area contributed by atoms with Crippen LogP contribution in [0.3, 0.4) is 0 Å². The molecule has 1 aromatic rings. The third-order valence-corrected chi connectivity index (χ3v) is 2.56. The van der Waals surface area contributed by atoms with E-state index in [2.05, 4.69) is 0 Å². The van der Waals surface area contributed by atoms with Crippen LogP contribution in [0, 0.1) is 5.92 Å². The summed E-state index contributed by atoms with van der Waals surface area (Å²) in [6.45, 7) is 1.90. The Kier molecular flexibility index (Phi) is 2.25. The zero-order valence-corrected chi connectivity index (χ0v) is 7.93. The second-order valence-electron chi connectivity index (χ2n) is 3.71. The summed E-state index contributed by atoms with van der Waals surface area (Å²) in [5.74, 6) is -0.316. The standard InChI is InChI=1S/C11H12O3/c1-7-4-9(10(12)5-7)11(13)8-2-3-14-6-8/h2-3,5-6,9,11,13H,4H2,1H3. The third kappa shape index (κ3) is 1.51. The van der Waals surface area contributed by atoms with Gasteiger partial charge < -0.3 is 9.52 Å². The normalized spacial score (nSPS) is 23.7. The number of hydrogen-bond acceptors (Lipinski definition) is 3. The molecular weight excluding hydrogens is 180 g/mol. The molecule has 1 N–H and O–H groups in total. The first kappa shape index (κ1) is 9.21. The molecule has 0 bridgehead atoms. The summed E-state index contributed by atoms with van der Waals surface area (Å²) in [5.41, 5.74) is 1.70.